The van der Waals surface area contributed by atoms with Gasteiger partial charge in [0.05, 0.1) is 6.61 Å². The van der Waals surface area contributed by atoms with Crippen LogP contribution in [-0.2, 0) is 0 Å². The number of nitrogens with two attached hydrogens (primary N) is 1. The lowest BCUT2D eigenvalue weighted by Gasteiger charge is -2.22. The molecule has 0 atom stereocenters. The normalized spacial score (nSPS) is 12.0. The number of hydrogen-bond donors (Lipinski definition) is 2. The fourth-order valence-electron chi connectivity index (χ4n) is 0.474. The maximum absolute atomic E-state index is 8.66. The molecule has 2 heteroatoms. The van der Waals surface area contributed by atoms with Crippen LogP contribution < -0.4 is 5.73 Å². The van der Waals surface area contributed by atoms with Crippen molar-refractivity contribution < 1.29 is 5.11 Å². The minimum absolute atomic E-state index is 0.0972. The molecule has 0 aromatic carbocycles. The van der Waals surface area contributed by atoms with Crippen molar-refractivity contribution in [2.24, 2.45) is 5.73 Å². The Kier molecular flexibility index (Phi) is 3.02. The molecule has 0 saturated carbocycles. The summed E-state index contributed by atoms with van der Waals surface area (Å²) < 4.78 is 0. The highest BCUT2D eigenvalue weighted by Crippen LogP contribution is 2.08. The van der Waals surface area contributed by atoms with Crippen LogP contribution in [0, 0.1) is 0 Å². The first-order valence-electron chi connectivity index (χ1n) is 3.08. The van der Waals surface area contributed by atoms with E-state index < -0.39 is 0 Å². The third-order valence-corrected chi connectivity index (χ3v) is 1.72. The Labute approximate surface area is 50.7 Å². The molecule has 0 unspecified atom stereocenters. The summed E-state index contributed by atoms with van der Waals surface area (Å²) in [5, 5.41) is 8.66. The van der Waals surface area contributed by atoms with Crippen LogP contribution >= 0.6 is 0 Å². The molecule has 3 N–H and O–H groups in total. The third kappa shape index (κ3) is 1.80. The molecule has 0 saturated heterocycles. The average molecular weight is 117 g/mol. The molecule has 0 radical (unpaired) electrons. The predicted molar refractivity (Wildman–Crippen MR) is 34.6 cm³/mol. The largest absolute Gasteiger partial charge is 0.394 e. The van der Waals surface area contributed by atoms with Gasteiger partial charge in [-0.3, -0.25) is 0 Å². The number of rotatable bonds is 3. The zero-order valence-electron chi connectivity index (χ0n) is 5.65. The maximum atomic E-state index is 8.66. The molecule has 0 spiro atoms. The lowest BCUT2D eigenvalue weighted by atomic mass is 9.96. The van der Waals surface area contributed by atoms with Crippen LogP contribution in [-0.4, -0.2) is 17.3 Å². The smallest absolute Gasteiger partial charge is 0.0610 e. The van der Waals surface area contributed by atoms with Crippen LogP contribution in [0.5, 0.6) is 0 Å². The van der Waals surface area contributed by atoms with Crippen molar-refractivity contribution in [1.29, 1.82) is 0 Å². The molecule has 0 aromatic heterocycles. The van der Waals surface area contributed by atoms with Crippen molar-refractivity contribution in [2.75, 3.05) is 6.61 Å². The Hall–Kier alpha value is -0.0800. The second-order valence-corrected chi connectivity index (χ2v) is 2.23. The van der Waals surface area contributed by atoms with Crippen molar-refractivity contribution in [3.05, 3.63) is 0 Å². The molecule has 0 heterocycles. The molecular formula is C6H15NO. The van der Waals surface area contributed by atoms with E-state index in [9.17, 15) is 0 Å². The van der Waals surface area contributed by atoms with Crippen LogP contribution in [0.2, 0.25) is 0 Å². The van der Waals surface area contributed by atoms with Crippen molar-refractivity contribution in [3.63, 3.8) is 0 Å². The van der Waals surface area contributed by atoms with Crippen LogP contribution in [0.25, 0.3) is 0 Å². The summed E-state index contributed by atoms with van der Waals surface area (Å²) in [7, 11) is 0. The van der Waals surface area contributed by atoms with Gasteiger partial charge in [0.15, 0.2) is 0 Å². The van der Waals surface area contributed by atoms with Crippen molar-refractivity contribution in [3.8, 4) is 0 Å². The molecule has 0 aliphatic heterocycles. The highest BCUT2D eigenvalue weighted by Gasteiger charge is 2.17. The van der Waals surface area contributed by atoms with Crippen LogP contribution in [0.1, 0.15) is 26.7 Å². The predicted octanol–water partition coefficient (Wildman–Crippen LogP) is 0.496. The lowest BCUT2D eigenvalue weighted by Crippen LogP contribution is -2.42. The summed E-state index contributed by atoms with van der Waals surface area (Å²) >= 11 is 0. The minimum atomic E-state index is -0.319. The Morgan fingerprint density at radius 3 is 1.75 bits per heavy atom. The van der Waals surface area contributed by atoms with Gasteiger partial charge < -0.3 is 10.8 Å². The highest BCUT2D eigenvalue weighted by molar-refractivity contribution is 4.78. The van der Waals surface area contributed by atoms with E-state index in [-0.39, 0.29) is 12.1 Å². The summed E-state index contributed by atoms with van der Waals surface area (Å²) in [5.41, 5.74) is 5.33. The van der Waals surface area contributed by atoms with E-state index in [1.54, 1.807) is 0 Å². The summed E-state index contributed by atoms with van der Waals surface area (Å²) in [4.78, 5) is 0. The van der Waals surface area contributed by atoms with Gasteiger partial charge in [-0.05, 0) is 12.8 Å². The zero-order valence-corrected chi connectivity index (χ0v) is 5.65. The molecular weight excluding hydrogens is 102 g/mol. The zero-order chi connectivity index (χ0) is 6.62. The van der Waals surface area contributed by atoms with Crippen molar-refractivity contribution in [2.45, 2.75) is 32.2 Å². The Morgan fingerprint density at radius 2 is 1.75 bits per heavy atom. The standard InChI is InChI=1S/C6H15NO/c1-3-6(7,4-2)5-8/h8H,3-5,7H2,1-2H3. The maximum Gasteiger partial charge on any atom is 0.0610 e. The van der Waals surface area contributed by atoms with Gasteiger partial charge in [-0.25, -0.2) is 0 Å². The fourth-order valence-corrected chi connectivity index (χ4v) is 0.474. The molecule has 0 aromatic rings. The molecule has 0 fully saturated rings. The topological polar surface area (TPSA) is 46.2 Å². The van der Waals surface area contributed by atoms with Gasteiger partial charge in [0, 0.05) is 5.54 Å². The van der Waals surface area contributed by atoms with Crippen molar-refractivity contribution >= 4 is 0 Å². The van der Waals surface area contributed by atoms with Crippen LogP contribution in [0.3, 0.4) is 0 Å². The number of aliphatic hydroxyl groups is 1. The molecule has 0 aliphatic rings. The Morgan fingerprint density at radius 1 is 1.38 bits per heavy atom. The van der Waals surface area contributed by atoms with E-state index in [4.69, 9.17) is 10.8 Å². The number of hydrogen-bond acceptors (Lipinski definition) is 2. The van der Waals surface area contributed by atoms with Gasteiger partial charge in [0.1, 0.15) is 0 Å². The first-order valence-corrected chi connectivity index (χ1v) is 3.08. The fraction of sp³-hybridized carbons (Fsp3) is 1.00. The van der Waals surface area contributed by atoms with Gasteiger partial charge in [0.25, 0.3) is 0 Å². The van der Waals surface area contributed by atoms with E-state index in [1.165, 1.54) is 0 Å². The van der Waals surface area contributed by atoms with Gasteiger partial charge in [-0.1, -0.05) is 13.8 Å². The second-order valence-electron chi connectivity index (χ2n) is 2.23. The minimum Gasteiger partial charge on any atom is -0.394 e. The Balaban J connectivity index is 3.58. The average Bonchev–Trinajstić information content (AvgIpc) is 1.87. The summed E-state index contributed by atoms with van der Waals surface area (Å²) in [6.07, 6.45) is 1.69. The van der Waals surface area contributed by atoms with Crippen LogP contribution in [0.15, 0.2) is 0 Å². The van der Waals surface area contributed by atoms with E-state index in [2.05, 4.69) is 0 Å². The Bertz CT molecular complexity index is 51.3. The van der Waals surface area contributed by atoms with Gasteiger partial charge in [0.2, 0.25) is 0 Å². The molecule has 8 heavy (non-hydrogen) atoms. The van der Waals surface area contributed by atoms with E-state index in [1.807, 2.05) is 13.8 Å². The molecule has 0 bridgehead atoms. The molecule has 0 aliphatic carbocycles. The van der Waals surface area contributed by atoms with Gasteiger partial charge in [-0.2, -0.15) is 0 Å². The van der Waals surface area contributed by atoms with Crippen LogP contribution in [0.4, 0.5) is 0 Å². The molecule has 0 amide bonds. The van der Waals surface area contributed by atoms with E-state index in [0.29, 0.717) is 0 Å². The third-order valence-electron chi connectivity index (χ3n) is 1.72. The van der Waals surface area contributed by atoms with Gasteiger partial charge in [-0.15, -0.1) is 0 Å². The quantitative estimate of drug-likeness (QED) is 0.565. The summed E-state index contributed by atoms with van der Waals surface area (Å²) in [5.74, 6) is 0. The first-order chi connectivity index (χ1) is 3.68. The highest BCUT2D eigenvalue weighted by atomic mass is 16.3. The van der Waals surface area contributed by atoms with E-state index >= 15 is 0 Å². The monoisotopic (exact) mass is 117 g/mol. The van der Waals surface area contributed by atoms with Gasteiger partial charge >= 0.3 is 0 Å². The SMILES string of the molecule is CCC(N)(CC)CO. The molecule has 50 valence electrons. The summed E-state index contributed by atoms with van der Waals surface area (Å²) in [6, 6.07) is 0. The van der Waals surface area contributed by atoms with Crippen molar-refractivity contribution in [1.82, 2.24) is 0 Å². The number of aliphatic hydroxyl groups excluding tert-OH is 1. The lowest BCUT2D eigenvalue weighted by molar-refractivity contribution is 0.187. The van der Waals surface area contributed by atoms with E-state index in [0.717, 1.165) is 12.8 Å². The molecule has 0 rings (SSSR count). The second kappa shape index (κ2) is 3.05. The summed E-state index contributed by atoms with van der Waals surface area (Å²) in [6.45, 7) is 4.07. The first kappa shape index (κ1) is 7.92. The molecule has 2 nitrogen and oxygen atoms in total.